The smallest absolute Gasteiger partial charge is 0.161 e. The van der Waals surface area contributed by atoms with Crippen LogP contribution in [-0.2, 0) is 7.05 Å². The molecule has 0 amide bonds. The third-order valence-electron chi connectivity index (χ3n) is 4.54. The fourth-order valence-electron chi connectivity index (χ4n) is 3.20. The molecule has 0 N–H and O–H groups in total. The van der Waals surface area contributed by atoms with Crippen molar-refractivity contribution in [2.75, 3.05) is 14.2 Å². The molecule has 0 aliphatic rings. The Bertz CT molecular complexity index is 1030. The van der Waals surface area contributed by atoms with Crippen LogP contribution in [-0.4, -0.2) is 23.8 Å². The van der Waals surface area contributed by atoms with E-state index in [2.05, 4.69) is 37.9 Å². The van der Waals surface area contributed by atoms with Gasteiger partial charge >= 0.3 is 0 Å². The van der Waals surface area contributed by atoms with Crippen molar-refractivity contribution < 1.29 is 9.47 Å². The molecule has 0 spiro atoms. The van der Waals surface area contributed by atoms with E-state index in [1.54, 1.807) is 20.5 Å². The van der Waals surface area contributed by atoms with Gasteiger partial charge in [-0.05, 0) is 50.1 Å². The molecule has 0 radical (unpaired) electrons. The highest BCUT2D eigenvalue weighted by Crippen LogP contribution is 2.31. The van der Waals surface area contributed by atoms with Crippen LogP contribution >= 0.6 is 0 Å². The minimum absolute atomic E-state index is 0.675. The van der Waals surface area contributed by atoms with Gasteiger partial charge in [0.25, 0.3) is 0 Å². The standard InChI is InChI=1S/C22H25N3O2/c1-14-9-15(2)22(16(3)10-14)24-21-12-18(23-13-25(21)4)17-7-8-19(26-5)20(11-17)27-6/h7-13H,1-6H3/b24-21-. The molecule has 1 heterocycles. The van der Waals surface area contributed by atoms with Crippen LogP contribution in [0.4, 0.5) is 5.69 Å². The molecule has 5 nitrogen and oxygen atoms in total. The Kier molecular flexibility index (Phi) is 5.31. The fourth-order valence-corrected chi connectivity index (χ4v) is 3.20. The summed E-state index contributed by atoms with van der Waals surface area (Å²) in [5.74, 6) is 1.37. The van der Waals surface area contributed by atoms with E-state index in [-0.39, 0.29) is 0 Å². The van der Waals surface area contributed by atoms with Crippen molar-refractivity contribution in [2.45, 2.75) is 20.8 Å². The summed E-state index contributed by atoms with van der Waals surface area (Å²) < 4.78 is 12.6. The third kappa shape index (κ3) is 3.87. The van der Waals surface area contributed by atoms with Crippen LogP contribution in [0.25, 0.3) is 11.3 Å². The number of benzene rings is 2. The van der Waals surface area contributed by atoms with Gasteiger partial charge in [-0.3, -0.25) is 0 Å². The van der Waals surface area contributed by atoms with Gasteiger partial charge in [-0.2, -0.15) is 0 Å². The Morgan fingerprint density at radius 3 is 2.19 bits per heavy atom. The maximum absolute atomic E-state index is 5.41. The Morgan fingerprint density at radius 1 is 0.889 bits per heavy atom. The zero-order valence-electron chi connectivity index (χ0n) is 16.7. The lowest BCUT2D eigenvalue weighted by Crippen LogP contribution is -2.18. The lowest BCUT2D eigenvalue weighted by Gasteiger charge is -2.10. The molecule has 0 saturated carbocycles. The summed E-state index contributed by atoms with van der Waals surface area (Å²) in [5.41, 5.74) is 7.19. The van der Waals surface area contributed by atoms with Crippen LogP contribution < -0.4 is 15.0 Å². The highest BCUT2D eigenvalue weighted by atomic mass is 16.5. The average molecular weight is 363 g/mol. The summed E-state index contributed by atoms with van der Waals surface area (Å²) in [7, 11) is 5.20. The maximum atomic E-state index is 5.41. The highest BCUT2D eigenvalue weighted by Gasteiger charge is 2.08. The minimum atomic E-state index is 0.675. The van der Waals surface area contributed by atoms with E-state index in [0.717, 1.165) is 33.6 Å². The number of aromatic nitrogens is 2. The SMILES string of the molecule is COc1ccc(-c2c/c(=N/c3c(C)cc(C)cc3C)n(C)cn2)cc1OC. The van der Waals surface area contributed by atoms with Gasteiger partial charge in [0.05, 0.1) is 31.9 Å². The normalized spacial score (nSPS) is 11.6. The molecule has 0 saturated heterocycles. The molecule has 5 heteroatoms. The van der Waals surface area contributed by atoms with E-state index < -0.39 is 0 Å². The molecule has 2 aromatic carbocycles. The van der Waals surface area contributed by atoms with Gasteiger partial charge < -0.3 is 14.0 Å². The van der Waals surface area contributed by atoms with Crippen LogP contribution in [0, 0.1) is 20.8 Å². The lowest BCUT2D eigenvalue weighted by molar-refractivity contribution is 0.355. The van der Waals surface area contributed by atoms with E-state index in [4.69, 9.17) is 14.5 Å². The van der Waals surface area contributed by atoms with Crippen molar-refractivity contribution in [1.82, 2.24) is 9.55 Å². The first-order chi connectivity index (χ1) is 12.9. The van der Waals surface area contributed by atoms with Crippen molar-refractivity contribution in [3.8, 4) is 22.8 Å². The first kappa shape index (κ1) is 18.7. The molecular formula is C22H25N3O2. The quantitative estimate of drug-likeness (QED) is 0.696. The van der Waals surface area contributed by atoms with Gasteiger partial charge in [-0.1, -0.05) is 17.7 Å². The molecule has 0 fully saturated rings. The largest absolute Gasteiger partial charge is 0.493 e. The topological polar surface area (TPSA) is 48.6 Å². The second-order valence-corrected chi connectivity index (χ2v) is 6.67. The van der Waals surface area contributed by atoms with E-state index >= 15 is 0 Å². The third-order valence-corrected chi connectivity index (χ3v) is 4.54. The number of rotatable bonds is 4. The maximum Gasteiger partial charge on any atom is 0.161 e. The van der Waals surface area contributed by atoms with E-state index in [9.17, 15) is 0 Å². The Balaban J connectivity index is 2.13. The zero-order chi connectivity index (χ0) is 19.6. The summed E-state index contributed by atoms with van der Waals surface area (Å²) in [4.78, 5) is 9.46. The summed E-state index contributed by atoms with van der Waals surface area (Å²) in [6, 6.07) is 12.1. The van der Waals surface area contributed by atoms with E-state index in [1.165, 1.54) is 5.56 Å². The summed E-state index contributed by atoms with van der Waals surface area (Å²) in [6.07, 6.45) is 1.78. The molecule has 3 aromatic rings. The molecule has 3 rings (SSSR count). The summed E-state index contributed by atoms with van der Waals surface area (Å²) in [5, 5.41) is 0. The number of ether oxygens (including phenoxy) is 2. The predicted octanol–water partition coefficient (Wildman–Crippen LogP) is 4.26. The van der Waals surface area contributed by atoms with Crippen LogP contribution in [0.5, 0.6) is 11.5 Å². The molecule has 0 unspecified atom stereocenters. The van der Waals surface area contributed by atoms with Crippen molar-refractivity contribution in [1.29, 1.82) is 0 Å². The van der Waals surface area contributed by atoms with E-state index in [0.29, 0.717) is 11.5 Å². The first-order valence-corrected chi connectivity index (χ1v) is 8.80. The number of methoxy groups -OCH3 is 2. The van der Waals surface area contributed by atoms with Gasteiger partial charge in [-0.25, -0.2) is 9.98 Å². The van der Waals surface area contributed by atoms with Gasteiger partial charge in [-0.15, -0.1) is 0 Å². The molecule has 0 aliphatic heterocycles. The van der Waals surface area contributed by atoms with Crippen molar-refractivity contribution in [3.63, 3.8) is 0 Å². The Morgan fingerprint density at radius 2 is 1.56 bits per heavy atom. The van der Waals surface area contributed by atoms with Crippen molar-refractivity contribution in [3.05, 3.63) is 64.9 Å². The van der Waals surface area contributed by atoms with Gasteiger partial charge in [0.15, 0.2) is 11.5 Å². The monoisotopic (exact) mass is 363 g/mol. The summed E-state index contributed by atoms with van der Waals surface area (Å²) in [6.45, 7) is 6.29. The highest BCUT2D eigenvalue weighted by molar-refractivity contribution is 5.63. The van der Waals surface area contributed by atoms with E-state index in [1.807, 2.05) is 35.9 Å². The molecule has 1 aromatic heterocycles. The van der Waals surface area contributed by atoms with Gasteiger partial charge in [0, 0.05) is 18.7 Å². The van der Waals surface area contributed by atoms with Crippen LogP contribution in [0.3, 0.4) is 0 Å². The fraction of sp³-hybridized carbons (Fsp3) is 0.273. The predicted molar refractivity (Wildman–Crippen MR) is 108 cm³/mol. The summed E-state index contributed by atoms with van der Waals surface area (Å²) >= 11 is 0. The average Bonchev–Trinajstić information content (AvgIpc) is 2.65. The van der Waals surface area contributed by atoms with Crippen LogP contribution in [0.15, 0.2) is 47.7 Å². The van der Waals surface area contributed by atoms with Crippen molar-refractivity contribution in [2.24, 2.45) is 12.0 Å². The van der Waals surface area contributed by atoms with Crippen LogP contribution in [0.2, 0.25) is 0 Å². The second-order valence-electron chi connectivity index (χ2n) is 6.67. The molecule has 0 bridgehead atoms. The first-order valence-electron chi connectivity index (χ1n) is 8.80. The number of aryl methyl sites for hydroxylation is 4. The molecule has 140 valence electrons. The second kappa shape index (κ2) is 7.66. The van der Waals surface area contributed by atoms with Crippen molar-refractivity contribution >= 4 is 5.69 Å². The Labute approximate surface area is 160 Å². The molecule has 0 atom stereocenters. The lowest BCUT2D eigenvalue weighted by atomic mass is 10.1. The van der Waals surface area contributed by atoms with Gasteiger partial charge in [0.1, 0.15) is 5.49 Å². The van der Waals surface area contributed by atoms with Gasteiger partial charge in [0.2, 0.25) is 0 Å². The molecule has 0 aliphatic carbocycles. The van der Waals surface area contributed by atoms with Crippen LogP contribution in [0.1, 0.15) is 16.7 Å². The zero-order valence-corrected chi connectivity index (χ0v) is 16.7. The number of hydrogen-bond donors (Lipinski definition) is 0. The Hall–Kier alpha value is -3.08. The molecular weight excluding hydrogens is 338 g/mol. The number of nitrogens with zero attached hydrogens (tertiary/aromatic N) is 3. The molecule has 27 heavy (non-hydrogen) atoms. The minimum Gasteiger partial charge on any atom is -0.493 e. The number of hydrogen-bond acceptors (Lipinski definition) is 4.